The van der Waals surface area contributed by atoms with Crippen LogP contribution in [0.5, 0.6) is 0 Å². The van der Waals surface area contributed by atoms with Crippen LogP contribution < -0.4 is 5.32 Å². The van der Waals surface area contributed by atoms with Gasteiger partial charge in [-0.3, -0.25) is 14.4 Å². The SMILES string of the molecule is CC(=O)C1=C(O)C(=O)N(CCc2c[nH]c3ccccc23)C12C(=O)Nc1ccccc12. The van der Waals surface area contributed by atoms with Crippen LogP contribution in [0.25, 0.3) is 10.9 Å². The fraction of sp³-hybridized carbons (Fsp3) is 0.174. The summed E-state index contributed by atoms with van der Waals surface area (Å²) < 4.78 is 0. The van der Waals surface area contributed by atoms with Gasteiger partial charge < -0.3 is 20.3 Å². The van der Waals surface area contributed by atoms with Crippen LogP contribution in [0.1, 0.15) is 18.1 Å². The van der Waals surface area contributed by atoms with Crippen molar-refractivity contribution in [3.63, 3.8) is 0 Å². The number of carbonyl (C=O) groups excluding carboxylic acids is 3. The largest absolute Gasteiger partial charge is 0.503 e. The molecule has 0 aliphatic carbocycles. The van der Waals surface area contributed by atoms with Gasteiger partial charge in [0.05, 0.1) is 5.57 Å². The van der Waals surface area contributed by atoms with Gasteiger partial charge in [-0.25, -0.2) is 0 Å². The van der Waals surface area contributed by atoms with Crippen LogP contribution in [0.2, 0.25) is 0 Å². The Bertz CT molecular complexity index is 1270. The molecule has 3 aromatic rings. The number of H-pyrrole nitrogens is 1. The highest BCUT2D eigenvalue weighted by Crippen LogP contribution is 2.50. The monoisotopic (exact) mass is 401 g/mol. The zero-order chi connectivity index (χ0) is 21.0. The summed E-state index contributed by atoms with van der Waals surface area (Å²) in [4.78, 5) is 43.3. The topological polar surface area (TPSA) is 102 Å². The van der Waals surface area contributed by atoms with E-state index in [9.17, 15) is 19.5 Å². The number of ketones is 1. The molecule has 0 radical (unpaired) electrons. The number of nitrogens with one attached hydrogen (secondary N) is 2. The Morgan fingerprint density at radius 1 is 1.10 bits per heavy atom. The van der Waals surface area contributed by atoms with Crippen molar-refractivity contribution in [3.05, 3.63) is 77.2 Å². The van der Waals surface area contributed by atoms with Gasteiger partial charge in [-0.05, 0) is 31.0 Å². The number of amides is 2. The number of carbonyl (C=O) groups is 3. The lowest BCUT2D eigenvalue weighted by Crippen LogP contribution is -2.52. The van der Waals surface area contributed by atoms with E-state index < -0.39 is 28.9 Å². The lowest BCUT2D eigenvalue weighted by atomic mass is 9.82. The summed E-state index contributed by atoms with van der Waals surface area (Å²) in [5.41, 5.74) is 1.15. The van der Waals surface area contributed by atoms with Gasteiger partial charge in [-0.1, -0.05) is 36.4 Å². The van der Waals surface area contributed by atoms with Crippen molar-refractivity contribution < 1.29 is 19.5 Å². The van der Waals surface area contributed by atoms with Crippen LogP contribution in [0.3, 0.4) is 0 Å². The molecule has 0 bridgehead atoms. The third-order valence-electron chi connectivity index (χ3n) is 5.98. The molecule has 3 heterocycles. The van der Waals surface area contributed by atoms with Gasteiger partial charge in [0.25, 0.3) is 11.8 Å². The van der Waals surface area contributed by atoms with Gasteiger partial charge in [0.15, 0.2) is 17.1 Å². The second-order valence-electron chi connectivity index (χ2n) is 7.56. The third-order valence-corrected chi connectivity index (χ3v) is 5.98. The van der Waals surface area contributed by atoms with Crippen LogP contribution >= 0.6 is 0 Å². The number of para-hydroxylation sites is 2. The number of benzene rings is 2. The maximum atomic E-state index is 13.2. The zero-order valence-electron chi connectivity index (χ0n) is 16.2. The van der Waals surface area contributed by atoms with Crippen molar-refractivity contribution in [1.29, 1.82) is 0 Å². The molecular formula is C23H19N3O4. The van der Waals surface area contributed by atoms with Gasteiger partial charge >= 0.3 is 0 Å². The molecule has 3 N–H and O–H groups in total. The van der Waals surface area contributed by atoms with E-state index in [2.05, 4.69) is 10.3 Å². The number of aromatic amines is 1. The molecule has 0 saturated heterocycles. The second kappa shape index (κ2) is 6.32. The Morgan fingerprint density at radius 2 is 1.83 bits per heavy atom. The van der Waals surface area contributed by atoms with Gasteiger partial charge in [-0.15, -0.1) is 0 Å². The van der Waals surface area contributed by atoms with Crippen molar-refractivity contribution in [3.8, 4) is 0 Å². The van der Waals surface area contributed by atoms with E-state index in [0.29, 0.717) is 17.7 Å². The van der Waals surface area contributed by atoms with Crippen LogP contribution in [-0.2, 0) is 26.3 Å². The first-order valence-electron chi connectivity index (χ1n) is 9.69. The second-order valence-corrected chi connectivity index (χ2v) is 7.56. The molecular weight excluding hydrogens is 382 g/mol. The zero-order valence-corrected chi connectivity index (χ0v) is 16.2. The number of aliphatic hydroxyl groups excluding tert-OH is 1. The predicted molar refractivity (Wildman–Crippen MR) is 111 cm³/mol. The summed E-state index contributed by atoms with van der Waals surface area (Å²) in [5.74, 6) is -2.40. The molecule has 30 heavy (non-hydrogen) atoms. The highest BCUT2D eigenvalue weighted by Gasteiger charge is 2.62. The van der Waals surface area contributed by atoms with Crippen LogP contribution in [-0.4, -0.2) is 39.1 Å². The molecule has 2 aromatic carbocycles. The standard InChI is InChI=1S/C23H19N3O4/c1-13(27)19-20(28)21(29)26(11-10-14-12-24-17-8-4-2-6-15(14)17)23(19)16-7-3-5-9-18(16)25-22(23)30/h2-9,12,24,28H,10-11H2,1H3,(H,25,30). The number of rotatable bonds is 4. The first-order chi connectivity index (χ1) is 14.5. The maximum absolute atomic E-state index is 13.2. The van der Waals surface area contributed by atoms with E-state index >= 15 is 0 Å². The van der Waals surface area contributed by atoms with Gasteiger partial charge in [0.1, 0.15) is 0 Å². The Labute approximate surface area is 172 Å². The highest BCUT2D eigenvalue weighted by molar-refractivity contribution is 6.21. The number of Topliss-reactive ketones (excluding diaryl/α,β-unsaturated/α-hetero) is 1. The van der Waals surface area contributed by atoms with E-state index in [1.54, 1.807) is 24.3 Å². The first-order valence-corrected chi connectivity index (χ1v) is 9.69. The van der Waals surface area contributed by atoms with E-state index in [1.165, 1.54) is 11.8 Å². The Morgan fingerprint density at radius 3 is 2.63 bits per heavy atom. The van der Waals surface area contributed by atoms with Crippen molar-refractivity contribution >= 4 is 34.2 Å². The van der Waals surface area contributed by atoms with Gasteiger partial charge in [-0.2, -0.15) is 0 Å². The molecule has 7 nitrogen and oxygen atoms in total. The Hall–Kier alpha value is -3.87. The molecule has 1 spiro atoms. The van der Waals surface area contributed by atoms with Crippen molar-refractivity contribution in [2.45, 2.75) is 18.9 Å². The molecule has 5 rings (SSSR count). The van der Waals surface area contributed by atoms with Crippen molar-refractivity contribution in [2.24, 2.45) is 0 Å². The molecule has 1 aromatic heterocycles. The van der Waals surface area contributed by atoms with Crippen LogP contribution in [0.15, 0.2) is 66.1 Å². The molecule has 2 aliphatic rings. The molecule has 2 amide bonds. The average molecular weight is 401 g/mol. The number of anilines is 1. The number of aliphatic hydroxyl groups is 1. The Kier molecular flexibility index (Phi) is 3.83. The lowest BCUT2D eigenvalue weighted by Gasteiger charge is -2.34. The molecule has 150 valence electrons. The molecule has 1 unspecified atom stereocenters. The molecule has 0 fully saturated rings. The quantitative estimate of drug-likeness (QED) is 0.626. The van der Waals surface area contributed by atoms with Gasteiger partial charge in [0.2, 0.25) is 0 Å². The van der Waals surface area contributed by atoms with E-state index in [0.717, 1.165) is 16.5 Å². The molecule has 0 saturated carbocycles. The van der Waals surface area contributed by atoms with E-state index in [-0.39, 0.29) is 12.1 Å². The number of hydrogen-bond acceptors (Lipinski definition) is 4. The fourth-order valence-electron chi connectivity index (χ4n) is 4.71. The number of nitrogens with zero attached hydrogens (tertiary/aromatic N) is 1. The highest BCUT2D eigenvalue weighted by atomic mass is 16.3. The minimum absolute atomic E-state index is 0.156. The summed E-state index contributed by atoms with van der Waals surface area (Å²) in [6, 6.07) is 14.8. The minimum Gasteiger partial charge on any atom is -0.503 e. The molecule has 2 aliphatic heterocycles. The Balaban J connectivity index is 1.61. The third kappa shape index (κ3) is 2.23. The predicted octanol–water partition coefficient (Wildman–Crippen LogP) is 2.80. The van der Waals surface area contributed by atoms with Gasteiger partial charge in [0, 0.05) is 34.9 Å². The van der Waals surface area contributed by atoms with Crippen molar-refractivity contribution in [1.82, 2.24) is 9.88 Å². The average Bonchev–Trinajstić information content (AvgIpc) is 3.34. The summed E-state index contributed by atoms with van der Waals surface area (Å²) >= 11 is 0. The maximum Gasteiger partial charge on any atom is 0.290 e. The first kappa shape index (κ1) is 18.2. The summed E-state index contributed by atoms with van der Waals surface area (Å²) in [6.45, 7) is 1.42. The van der Waals surface area contributed by atoms with E-state index in [1.807, 2.05) is 30.5 Å². The van der Waals surface area contributed by atoms with Crippen molar-refractivity contribution in [2.75, 3.05) is 11.9 Å². The minimum atomic E-state index is -1.66. The number of fused-ring (bicyclic) bond motifs is 3. The number of aromatic nitrogens is 1. The molecule has 7 heteroatoms. The molecule has 1 atom stereocenters. The van der Waals surface area contributed by atoms with Crippen LogP contribution in [0.4, 0.5) is 5.69 Å². The fourth-order valence-corrected chi connectivity index (χ4v) is 4.71. The summed E-state index contributed by atoms with van der Waals surface area (Å²) in [5, 5.41) is 14.4. The summed E-state index contributed by atoms with van der Waals surface area (Å²) in [7, 11) is 0. The smallest absolute Gasteiger partial charge is 0.290 e. The lowest BCUT2D eigenvalue weighted by molar-refractivity contribution is -0.139. The van der Waals surface area contributed by atoms with E-state index in [4.69, 9.17) is 0 Å². The normalized spacial score (nSPS) is 20.4. The van der Waals surface area contributed by atoms with Crippen LogP contribution in [0, 0.1) is 0 Å². The summed E-state index contributed by atoms with van der Waals surface area (Å²) in [6.07, 6.45) is 2.32. The number of hydrogen-bond donors (Lipinski definition) is 3.